The summed E-state index contributed by atoms with van der Waals surface area (Å²) in [5.41, 5.74) is 5.79. The fourth-order valence-corrected chi connectivity index (χ4v) is 1.17. The summed E-state index contributed by atoms with van der Waals surface area (Å²) in [5, 5.41) is 0. The highest BCUT2D eigenvalue weighted by Gasteiger charge is 2.09. The second-order valence-electron chi connectivity index (χ2n) is 3.46. The number of aromatic nitrogens is 1. The van der Waals surface area contributed by atoms with Gasteiger partial charge in [0.15, 0.2) is 5.78 Å². The molecule has 14 heavy (non-hydrogen) atoms. The molecule has 0 bridgehead atoms. The van der Waals surface area contributed by atoms with Gasteiger partial charge >= 0.3 is 0 Å². The van der Waals surface area contributed by atoms with Crippen molar-refractivity contribution < 1.29 is 9.59 Å². The Morgan fingerprint density at radius 2 is 2.21 bits per heavy atom. The molecule has 0 radical (unpaired) electrons. The molecular formula is C10H14N2O2. The highest BCUT2D eigenvalue weighted by atomic mass is 16.1. The number of carbonyl (C=O) groups excluding carboxylic acids is 2. The predicted molar refractivity (Wildman–Crippen MR) is 52.8 cm³/mol. The Balaban J connectivity index is 2.69. The van der Waals surface area contributed by atoms with Crippen molar-refractivity contribution in [3.05, 3.63) is 24.0 Å². The number of hydrogen-bond donors (Lipinski definition) is 1. The van der Waals surface area contributed by atoms with Crippen molar-refractivity contribution in [1.29, 1.82) is 0 Å². The minimum atomic E-state index is -0.330. The van der Waals surface area contributed by atoms with Crippen molar-refractivity contribution in [1.82, 2.24) is 4.57 Å². The number of nitrogens with two attached hydrogens (primary N) is 1. The van der Waals surface area contributed by atoms with Crippen molar-refractivity contribution in [2.45, 2.75) is 20.4 Å². The molecule has 1 amide bonds. The van der Waals surface area contributed by atoms with Gasteiger partial charge in [-0.05, 0) is 13.0 Å². The highest BCUT2D eigenvalue weighted by molar-refractivity contribution is 5.93. The zero-order chi connectivity index (χ0) is 10.7. The SMILES string of the molecule is CC(=O)c1ccn(CC(C)C(N)=O)c1. The molecule has 0 spiro atoms. The van der Waals surface area contributed by atoms with Gasteiger partial charge in [0, 0.05) is 24.5 Å². The molecule has 1 aromatic heterocycles. The smallest absolute Gasteiger partial charge is 0.222 e. The fourth-order valence-electron chi connectivity index (χ4n) is 1.17. The average molecular weight is 194 g/mol. The number of nitrogens with zero attached hydrogens (tertiary/aromatic N) is 1. The number of Topliss-reactive ketones (excluding diaryl/α,β-unsaturated/α-hetero) is 1. The summed E-state index contributed by atoms with van der Waals surface area (Å²) in [6.07, 6.45) is 3.50. The van der Waals surface area contributed by atoms with E-state index in [-0.39, 0.29) is 17.6 Å². The topological polar surface area (TPSA) is 65.1 Å². The van der Waals surface area contributed by atoms with E-state index < -0.39 is 0 Å². The van der Waals surface area contributed by atoms with Crippen LogP contribution in [0.1, 0.15) is 24.2 Å². The third-order valence-electron chi connectivity index (χ3n) is 2.13. The maximum absolute atomic E-state index is 11.0. The van der Waals surface area contributed by atoms with Gasteiger partial charge in [-0.2, -0.15) is 0 Å². The normalized spacial score (nSPS) is 12.4. The van der Waals surface area contributed by atoms with Crippen molar-refractivity contribution in [3.8, 4) is 0 Å². The molecule has 0 aliphatic heterocycles. The van der Waals surface area contributed by atoms with E-state index in [4.69, 9.17) is 5.73 Å². The first kappa shape index (κ1) is 10.5. The Labute approximate surface area is 82.7 Å². The van der Waals surface area contributed by atoms with Crippen LogP contribution in [0, 0.1) is 5.92 Å². The molecule has 76 valence electrons. The maximum atomic E-state index is 11.0. The zero-order valence-corrected chi connectivity index (χ0v) is 8.36. The molecule has 0 aromatic carbocycles. The van der Waals surface area contributed by atoms with Gasteiger partial charge in [0.05, 0.1) is 5.92 Å². The summed E-state index contributed by atoms with van der Waals surface area (Å²) < 4.78 is 1.80. The molecular weight excluding hydrogens is 180 g/mol. The summed E-state index contributed by atoms with van der Waals surface area (Å²) in [7, 11) is 0. The standard InChI is InChI=1S/C10H14N2O2/c1-7(10(11)14)5-12-4-3-9(6-12)8(2)13/h3-4,6-7H,5H2,1-2H3,(H2,11,14). The largest absolute Gasteiger partial charge is 0.369 e. The Kier molecular flexibility index (Phi) is 3.06. The highest BCUT2D eigenvalue weighted by Crippen LogP contribution is 2.05. The number of primary amides is 1. The van der Waals surface area contributed by atoms with Crippen LogP contribution in [0.2, 0.25) is 0 Å². The van der Waals surface area contributed by atoms with Gasteiger partial charge in [-0.3, -0.25) is 9.59 Å². The molecule has 1 aromatic rings. The van der Waals surface area contributed by atoms with Crippen LogP contribution in [0.3, 0.4) is 0 Å². The van der Waals surface area contributed by atoms with Crippen LogP contribution in [-0.2, 0) is 11.3 Å². The number of hydrogen-bond acceptors (Lipinski definition) is 2. The van der Waals surface area contributed by atoms with Gasteiger partial charge in [0.1, 0.15) is 0 Å². The van der Waals surface area contributed by atoms with Crippen LogP contribution in [0.4, 0.5) is 0 Å². The molecule has 1 rings (SSSR count). The quantitative estimate of drug-likeness (QED) is 0.721. The summed E-state index contributed by atoms with van der Waals surface area (Å²) in [5.74, 6) is -0.527. The van der Waals surface area contributed by atoms with Gasteiger partial charge in [-0.1, -0.05) is 6.92 Å². The number of rotatable bonds is 4. The van der Waals surface area contributed by atoms with E-state index >= 15 is 0 Å². The van der Waals surface area contributed by atoms with E-state index in [1.54, 1.807) is 30.0 Å². The minimum absolute atomic E-state index is 0.0236. The molecule has 1 atom stereocenters. The van der Waals surface area contributed by atoms with E-state index in [0.717, 1.165) is 0 Å². The van der Waals surface area contributed by atoms with Gasteiger partial charge in [-0.25, -0.2) is 0 Å². The van der Waals surface area contributed by atoms with Gasteiger partial charge in [-0.15, -0.1) is 0 Å². The monoisotopic (exact) mass is 194 g/mol. The van der Waals surface area contributed by atoms with Crippen LogP contribution in [0.5, 0.6) is 0 Å². The van der Waals surface area contributed by atoms with E-state index in [9.17, 15) is 9.59 Å². The summed E-state index contributed by atoms with van der Waals surface area (Å²) in [4.78, 5) is 21.8. The second-order valence-corrected chi connectivity index (χ2v) is 3.46. The predicted octanol–water partition coefficient (Wildman–Crippen LogP) is 0.812. The van der Waals surface area contributed by atoms with Gasteiger partial charge in [0.2, 0.25) is 5.91 Å². The first-order valence-electron chi connectivity index (χ1n) is 4.46. The second kappa shape index (κ2) is 4.09. The minimum Gasteiger partial charge on any atom is -0.369 e. The van der Waals surface area contributed by atoms with Crippen LogP contribution >= 0.6 is 0 Å². The lowest BCUT2D eigenvalue weighted by Gasteiger charge is -2.07. The van der Waals surface area contributed by atoms with Gasteiger partial charge < -0.3 is 10.3 Å². The van der Waals surface area contributed by atoms with Crippen LogP contribution < -0.4 is 5.73 Å². The van der Waals surface area contributed by atoms with E-state index in [1.165, 1.54) is 6.92 Å². The zero-order valence-electron chi connectivity index (χ0n) is 8.36. The van der Waals surface area contributed by atoms with Crippen LogP contribution in [0.25, 0.3) is 0 Å². The van der Waals surface area contributed by atoms with Crippen molar-refractivity contribution in [3.63, 3.8) is 0 Å². The average Bonchev–Trinajstić information content (AvgIpc) is 2.52. The van der Waals surface area contributed by atoms with Crippen LogP contribution in [-0.4, -0.2) is 16.3 Å². The number of ketones is 1. The van der Waals surface area contributed by atoms with Crippen molar-refractivity contribution in [2.24, 2.45) is 11.7 Å². The Morgan fingerprint density at radius 1 is 1.57 bits per heavy atom. The lowest BCUT2D eigenvalue weighted by Crippen LogP contribution is -2.24. The molecule has 1 unspecified atom stereocenters. The maximum Gasteiger partial charge on any atom is 0.222 e. The Hall–Kier alpha value is -1.58. The number of carbonyl (C=O) groups is 2. The third-order valence-corrected chi connectivity index (χ3v) is 2.13. The first-order valence-corrected chi connectivity index (χ1v) is 4.46. The molecule has 4 nitrogen and oxygen atoms in total. The Morgan fingerprint density at radius 3 is 2.64 bits per heavy atom. The van der Waals surface area contributed by atoms with Gasteiger partial charge in [0.25, 0.3) is 0 Å². The molecule has 0 aliphatic rings. The molecule has 0 aliphatic carbocycles. The number of amides is 1. The first-order chi connectivity index (χ1) is 6.50. The molecule has 2 N–H and O–H groups in total. The van der Waals surface area contributed by atoms with E-state index in [2.05, 4.69) is 0 Å². The van der Waals surface area contributed by atoms with E-state index in [1.807, 2.05) is 0 Å². The third kappa shape index (κ3) is 2.45. The van der Waals surface area contributed by atoms with Crippen molar-refractivity contribution >= 4 is 11.7 Å². The molecule has 0 saturated carbocycles. The molecule has 0 saturated heterocycles. The Bertz CT molecular complexity index is 355. The fraction of sp³-hybridized carbons (Fsp3) is 0.400. The molecule has 1 heterocycles. The van der Waals surface area contributed by atoms with E-state index in [0.29, 0.717) is 12.1 Å². The van der Waals surface area contributed by atoms with Crippen molar-refractivity contribution in [2.75, 3.05) is 0 Å². The summed E-state index contributed by atoms with van der Waals surface area (Å²) >= 11 is 0. The summed E-state index contributed by atoms with van der Waals surface area (Å²) in [6, 6.07) is 1.73. The molecule has 0 fully saturated rings. The summed E-state index contributed by atoms with van der Waals surface area (Å²) in [6.45, 7) is 3.79. The van der Waals surface area contributed by atoms with Crippen LogP contribution in [0.15, 0.2) is 18.5 Å². The lowest BCUT2D eigenvalue weighted by atomic mass is 10.2. The lowest BCUT2D eigenvalue weighted by molar-refractivity contribution is -0.121. The molecule has 4 heteroatoms.